The van der Waals surface area contributed by atoms with Crippen LogP contribution < -0.4 is 15.7 Å². The molecule has 0 unspecified atom stereocenters. The van der Waals surface area contributed by atoms with Gasteiger partial charge in [-0.1, -0.05) is 94.3 Å². The summed E-state index contributed by atoms with van der Waals surface area (Å²) < 4.78 is 18.8. The minimum atomic E-state index is -2.72. The Hall–Kier alpha value is -2.64. The fraction of sp³-hybridized carbons (Fsp3) is 0.600. The van der Waals surface area contributed by atoms with Crippen molar-refractivity contribution >= 4 is 30.8 Å². The largest absolute Gasteiger partial charge is 0.463 e. The third-order valence-corrected chi connectivity index (χ3v) is 13.1. The van der Waals surface area contributed by atoms with Crippen molar-refractivity contribution in [1.82, 2.24) is 5.32 Å². The molecule has 1 aliphatic rings. The van der Waals surface area contributed by atoms with E-state index in [0.717, 1.165) is 25.7 Å². The van der Waals surface area contributed by atoms with E-state index in [1.807, 2.05) is 41.5 Å². The van der Waals surface area contributed by atoms with E-state index in [4.69, 9.17) is 13.9 Å². The first-order chi connectivity index (χ1) is 19.5. The standard InChI is InChI=1S/C35H53NO5Si/c1-33(2,3)31(37)39-25-30(36-32(38)41-34(4,5)6)29-23-17-16-18-26(29)24-40-42(35(7,8)9,27-19-12-10-13-20-27)28-21-14-11-15-22-28/h10-15,19-22,26,29-30H,16-18,23-25H2,1-9H3,(H,36,38)/t26-,29+,30+/m1/s1. The van der Waals surface area contributed by atoms with Gasteiger partial charge in [-0.15, -0.1) is 0 Å². The quantitative estimate of drug-likeness (QED) is 0.254. The third-order valence-electron chi connectivity index (χ3n) is 8.12. The highest BCUT2D eigenvalue weighted by molar-refractivity contribution is 6.99. The van der Waals surface area contributed by atoms with E-state index >= 15 is 0 Å². The van der Waals surface area contributed by atoms with Crippen LogP contribution >= 0.6 is 0 Å². The highest BCUT2D eigenvalue weighted by atomic mass is 28.4. The topological polar surface area (TPSA) is 73.9 Å². The summed E-state index contributed by atoms with van der Waals surface area (Å²) in [5, 5.41) is 5.46. The third kappa shape index (κ3) is 8.70. The smallest absolute Gasteiger partial charge is 0.408 e. The highest BCUT2D eigenvalue weighted by Crippen LogP contribution is 2.39. The van der Waals surface area contributed by atoms with Gasteiger partial charge in [0.15, 0.2) is 0 Å². The predicted octanol–water partition coefficient (Wildman–Crippen LogP) is 6.85. The van der Waals surface area contributed by atoms with E-state index in [2.05, 4.69) is 86.8 Å². The SMILES string of the molecule is CC(C)(C)OC(=O)N[C@@H](COC(=O)C(C)(C)C)[C@H]1CCCC[C@@H]1CO[Si](c1ccccc1)(c1ccccc1)C(C)(C)C. The van der Waals surface area contributed by atoms with Crippen LogP contribution in [0.15, 0.2) is 60.7 Å². The molecule has 3 atom stereocenters. The van der Waals surface area contributed by atoms with Crippen LogP contribution in [0.1, 0.15) is 88.0 Å². The molecule has 3 rings (SSSR count). The van der Waals surface area contributed by atoms with E-state index in [-0.39, 0.29) is 35.5 Å². The predicted molar refractivity (Wildman–Crippen MR) is 173 cm³/mol. The Balaban J connectivity index is 1.95. The first-order valence-electron chi connectivity index (χ1n) is 15.5. The number of hydrogen-bond acceptors (Lipinski definition) is 5. The molecule has 2 aromatic carbocycles. The zero-order valence-electron chi connectivity index (χ0n) is 27.3. The minimum absolute atomic E-state index is 0.0808. The van der Waals surface area contributed by atoms with E-state index in [0.29, 0.717) is 6.61 Å². The first-order valence-corrected chi connectivity index (χ1v) is 17.4. The Kier molecular flexibility index (Phi) is 11.1. The number of hydrogen-bond donors (Lipinski definition) is 1. The van der Waals surface area contributed by atoms with Crippen LogP contribution in [0.2, 0.25) is 5.04 Å². The van der Waals surface area contributed by atoms with Crippen LogP contribution in [-0.2, 0) is 18.7 Å². The van der Waals surface area contributed by atoms with Gasteiger partial charge < -0.3 is 19.2 Å². The van der Waals surface area contributed by atoms with Gasteiger partial charge in [0.05, 0.1) is 11.5 Å². The first kappa shape index (κ1) is 33.9. The molecule has 232 valence electrons. The molecule has 6 nitrogen and oxygen atoms in total. The maximum atomic E-state index is 13.0. The summed E-state index contributed by atoms with van der Waals surface area (Å²) in [6.07, 6.45) is 3.58. The molecule has 1 saturated carbocycles. The van der Waals surface area contributed by atoms with Crippen LogP contribution in [0.25, 0.3) is 0 Å². The van der Waals surface area contributed by atoms with Gasteiger partial charge in [0.1, 0.15) is 12.2 Å². The van der Waals surface area contributed by atoms with Crippen molar-refractivity contribution < 1.29 is 23.5 Å². The molecule has 0 aliphatic heterocycles. The van der Waals surface area contributed by atoms with Crippen molar-refractivity contribution in [3.63, 3.8) is 0 Å². The summed E-state index contributed by atoms with van der Waals surface area (Å²) >= 11 is 0. The summed E-state index contributed by atoms with van der Waals surface area (Å²) in [6, 6.07) is 21.0. The summed E-state index contributed by atoms with van der Waals surface area (Å²) in [6.45, 7) is 18.6. The fourth-order valence-corrected chi connectivity index (χ4v) is 10.7. The number of alkyl carbamates (subject to hydrolysis) is 1. The number of esters is 1. The summed E-state index contributed by atoms with van der Waals surface area (Å²) in [5.41, 5.74) is -1.26. The summed E-state index contributed by atoms with van der Waals surface area (Å²) in [5.74, 6) is -0.0136. The van der Waals surface area contributed by atoms with Crippen LogP contribution in [0.3, 0.4) is 0 Å². The molecule has 2 aromatic rings. The highest BCUT2D eigenvalue weighted by Gasteiger charge is 2.51. The average Bonchev–Trinajstić information content (AvgIpc) is 2.90. The number of amides is 1. The Morgan fingerprint density at radius 3 is 1.83 bits per heavy atom. The molecule has 1 aliphatic carbocycles. The lowest BCUT2D eigenvalue weighted by atomic mass is 9.75. The van der Waals surface area contributed by atoms with Crippen molar-refractivity contribution in [1.29, 1.82) is 0 Å². The zero-order chi connectivity index (χ0) is 31.2. The number of carbonyl (C=O) groups is 2. The zero-order valence-corrected chi connectivity index (χ0v) is 28.3. The number of nitrogens with one attached hydrogen (secondary N) is 1. The molecule has 0 saturated heterocycles. The molecule has 1 N–H and O–H groups in total. The maximum Gasteiger partial charge on any atom is 0.408 e. The molecule has 0 spiro atoms. The Labute approximate surface area is 255 Å². The minimum Gasteiger partial charge on any atom is -0.463 e. The second-order valence-electron chi connectivity index (χ2n) is 14.8. The Morgan fingerprint density at radius 1 is 0.833 bits per heavy atom. The average molecular weight is 596 g/mol. The van der Waals surface area contributed by atoms with Crippen LogP contribution in [0.5, 0.6) is 0 Å². The molecular formula is C35H53NO5Si. The van der Waals surface area contributed by atoms with Gasteiger partial charge in [0.25, 0.3) is 8.32 Å². The van der Waals surface area contributed by atoms with Gasteiger partial charge in [-0.05, 0) is 81.6 Å². The molecule has 0 radical (unpaired) electrons. The molecule has 42 heavy (non-hydrogen) atoms. The van der Waals surface area contributed by atoms with Crippen molar-refractivity contribution in [2.24, 2.45) is 17.3 Å². The molecule has 7 heteroatoms. The second-order valence-corrected chi connectivity index (χ2v) is 19.1. The van der Waals surface area contributed by atoms with E-state index in [1.165, 1.54) is 10.4 Å². The second kappa shape index (κ2) is 13.8. The van der Waals surface area contributed by atoms with E-state index < -0.39 is 25.4 Å². The lowest BCUT2D eigenvalue weighted by molar-refractivity contribution is -0.154. The lowest BCUT2D eigenvalue weighted by Crippen LogP contribution is -2.67. The van der Waals surface area contributed by atoms with Crippen molar-refractivity contribution in [2.45, 2.75) is 105 Å². The van der Waals surface area contributed by atoms with Gasteiger partial charge in [-0.3, -0.25) is 4.79 Å². The Bertz CT molecular complexity index is 1110. The monoisotopic (exact) mass is 595 g/mol. The number of carbonyl (C=O) groups excluding carboxylic acids is 2. The van der Waals surface area contributed by atoms with Gasteiger partial charge in [0.2, 0.25) is 0 Å². The molecule has 1 amide bonds. The van der Waals surface area contributed by atoms with Crippen LogP contribution in [0, 0.1) is 17.3 Å². The fourth-order valence-electron chi connectivity index (χ4n) is 6.08. The van der Waals surface area contributed by atoms with Gasteiger partial charge in [-0.2, -0.15) is 0 Å². The van der Waals surface area contributed by atoms with E-state index in [9.17, 15) is 9.59 Å². The maximum absolute atomic E-state index is 13.0. The number of rotatable bonds is 9. The molecule has 0 heterocycles. The molecular weight excluding hydrogens is 542 g/mol. The van der Waals surface area contributed by atoms with E-state index in [1.54, 1.807) is 0 Å². The van der Waals surface area contributed by atoms with Crippen molar-refractivity contribution in [2.75, 3.05) is 13.2 Å². The lowest BCUT2D eigenvalue weighted by Gasteiger charge is -2.45. The van der Waals surface area contributed by atoms with Crippen molar-refractivity contribution in [3.8, 4) is 0 Å². The normalized spacial score (nSPS) is 19.1. The number of ether oxygens (including phenoxy) is 2. The molecule has 0 aromatic heterocycles. The van der Waals surface area contributed by atoms with Gasteiger partial charge in [-0.25, -0.2) is 4.79 Å². The molecule has 1 fully saturated rings. The molecule has 0 bridgehead atoms. The van der Waals surface area contributed by atoms with Crippen LogP contribution in [0.4, 0.5) is 4.79 Å². The van der Waals surface area contributed by atoms with Gasteiger partial charge >= 0.3 is 12.1 Å². The Morgan fingerprint density at radius 2 is 1.36 bits per heavy atom. The summed E-state index contributed by atoms with van der Waals surface area (Å²) in [7, 11) is -2.72. The number of benzene rings is 2. The van der Waals surface area contributed by atoms with Crippen molar-refractivity contribution in [3.05, 3.63) is 60.7 Å². The van der Waals surface area contributed by atoms with Crippen LogP contribution in [-0.4, -0.2) is 45.2 Å². The summed E-state index contributed by atoms with van der Waals surface area (Å²) in [4.78, 5) is 25.7. The van der Waals surface area contributed by atoms with Gasteiger partial charge in [0, 0.05) is 6.61 Å².